The van der Waals surface area contributed by atoms with Gasteiger partial charge in [-0.05, 0) is 24.4 Å². The first kappa shape index (κ1) is 11.2. The molecule has 0 aliphatic rings. The number of nitrogens with one attached hydrogen (secondary N) is 2. The van der Waals surface area contributed by atoms with Crippen LogP contribution in [0.2, 0.25) is 5.02 Å². The van der Waals surface area contributed by atoms with Crippen LogP contribution < -0.4 is 5.56 Å². The standard InChI is InChI=1S/C11H7ClN4OS/c12-6-3-1-2-4-7(6)16-9-8(13-5-14-9)10(17)15-11(16)18/h1-5H,(H,13,14)(H,15,17,18). The second-order valence-electron chi connectivity index (χ2n) is 3.65. The lowest BCUT2D eigenvalue weighted by molar-refractivity contribution is 0.974. The minimum Gasteiger partial charge on any atom is -0.339 e. The van der Waals surface area contributed by atoms with Crippen molar-refractivity contribution in [2.75, 3.05) is 0 Å². The summed E-state index contributed by atoms with van der Waals surface area (Å²) in [6.07, 6.45) is 1.45. The summed E-state index contributed by atoms with van der Waals surface area (Å²) in [7, 11) is 0. The minimum atomic E-state index is -0.296. The Labute approximate surface area is 111 Å². The Hall–Kier alpha value is -1.92. The van der Waals surface area contributed by atoms with Gasteiger partial charge in [-0.15, -0.1) is 0 Å². The Bertz CT molecular complexity index is 848. The zero-order valence-corrected chi connectivity index (χ0v) is 10.5. The van der Waals surface area contributed by atoms with E-state index in [4.69, 9.17) is 23.8 Å². The predicted octanol–water partition coefficient (Wildman–Crippen LogP) is 2.42. The molecule has 0 unspecified atom stereocenters. The molecule has 2 heterocycles. The maximum atomic E-state index is 11.7. The molecule has 0 bridgehead atoms. The van der Waals surface area contributed by atoms with Gasteiger partial charge in [0.1, 0.15) is 5.52 Å². The van der Waals surface area contributed by atoms with Gasteiger partial charge in [-0.3, -0.25) is 14.3 Å². The molecular weight excluding hydrogens is 272 g/mol. The van der Waals surface area contributed by atoms with Crippen LogP contribution >= 0.6 is 23.8 Å². The van der Waals surface area contributed by atoms with E-state index in [9.17, 15) is 4.79 Å². The summed E-state index contributed by atoms with van der Waals surface area (Å²) in [5.74, 6) is 0. The summed E-state index contributed by atoms with van der Waals surface area (Å²) in [4.78, 5) is 21.2. The van der Waals surface area contributed by atoms with E-state index in [0.717, 1.165) is 0 Å². The van der Waals surface area contributed by atoms with Crippen LogP contribution in [-0.2, 0) is 0 Å². The highest BCUT2D eigenvalue weighted by Crippen LogP contribution is 2.22. The lowest BCUT2D eigenvalue weighted by atomic mass is 10.3. The fraction of sp³-hybridized carbons (Fsp3) is 0. The fourth-order valence-corrected chi connectivity index (χ4v) is 2.29. The van der Waals surface area contributed by atoms with E-state index in [-0.39, 0.29) is 10.3 Å². The van der Waals surface area contributed by atoms with Gasteiger partial charge in [-0.25, -0.2) is 4.98 Å². The van der Waals surface area contributed by atoms with Gasteiger partial charge in [0.15, 0.2) is 10.4 Å². The molecule has 0 saturated carbocycles. The largest absolute Gasteiger partial charge is 0.339 e. The van der Waals surface area contributed by atoms with Crippen LogP contribution in [0.5, 0.6) is 0 Å². The van der Waals surface area contributed by atoms with E-state index in [0.29, 0.717) is 21.9 Å². The van der Waals surface area contributed by atoms with Crippen molar-refractivity contribution in [2.24, 2.45) is 0 Å². The van der Waals surface area contributed by atoms with Gasteiger partial charge in [0.25, 0.3) is 5.56 Å². The van der Waals surface area contributed by atoms with Crippen LogP contribution in [0.1, 0.15) is 0 Å². The first-order valence-corrected chi connectivity index (χ1v) is 5.90. The Balaban J connectivity index is 2.51. The molecular formula is C11H7ClN4OS. The average molecular weight is 279 g/mol. The van der Waals surface area contributed by atoms with Crippen molar-refractivity contribution < 1.29 is 0 Å². The quantitative estimate of drug-likeness (QED) is 0.672. The highest BCUT2D eigenvalue weighted by Gasteiger charge is 2.11. The van der Waals surface area contributed by atoms with E-state index in [1.165, 1.54) is 6.33 Å². The molecule has 1 aromatic carbocycles. The fourth-order valence-electron chi connectivity index (χ4n) is 1.79. The topological polar surface area (TPSA) is 66.5 Å². The number of para-hydroxylation sites is 1. The Morgan fingerprint density at radius 1 is 1.33 bits per heavy atom. The average Bonchev–Trinajstić information content (AvgIpc) is 2.81. The molecule has 2 aromatic heterocycles. The number of H-pyrrole nitrogens is 2. The number of nitrogens with zero attached hydrogens (tertiary/aromatic N) is 2. The molecule has 0 fully saturated rings. The smallest absolute Gasteiger partial charge is 0.277 e. The molecule has 90 valence electrons. The number of aromatic nitrogens is 4. The molecule has 3 rings (SSSR count). The van der Waals surface area contributed by atoms with Crippen molar-refractivity contribution in [3.8, 4) is 5.69 Å². The third kappa shape index (κ3) is 1.58. The third-order valence-electron chi connectivity index (χ3n) is 2.58. The number of rotatable bonds is 1. The molecule has 2 N–H and O–H groups in total. The zero-order chi connectivity index (χ0) is 12.7. The molecule has 0 spiro atoms. The predicted molar refractivity (Wildman–Crippen MR) is 71.9 cm³/mol. The Kier molecular flexibility index (Phi) is 2.53. The first-order chi connectivity index (χ1) is 8.68. The van der Waals surface area contributed by atoms with Gasteiger partial charge in [0, 0.05) is 0 Å². The van der Waals surface area contributed by atoms with Crippen LogP contribution in [0.15, 0.2) is 35.4 Å². The lowest BCUT2D eigenvalue weighted by Crippen LogP contribution is -2.13. The van der Waals surface area contributed by atoms with Crippen LogP contribution in [0.3, 0.4) is 0 Å². The van der Waals surface area contributed by atoms with Crippen molar-refractivity contribution in [2.45, 2.75) is 0 Å². The van der Waals surface area contributed by atoms with Gasteiger partial charge in [0.2, 0.25) is 0 Å². The van der Waals surface area contributed by atoms with Crippen molar-refractivity contribution in [3.63, 3.8) is 0 Å². The van der Waals surface area contributed by atoms with E-state index in [1.807, 2.05) is 18.2 Å². The molecule has 0 aliphatic carbocycles. The first-order valence-electron chi connectivity index (χ1n) is 5.12. The summed E-state index contributed by atoms with van der Waals surface area (Å²) in [5, 5.41) is 0.532. The maximum absolute atomic E-state index is 11.7. The molecule has 0 amide bonds. The van der Waals surface area contributed by atoms with Gasteiger partial charge in [-0.1, -0.05) is 23.7 Å². The molecule has 0 aliphatic heterocycles. The van der Waals surface area contributed by atoms with Crippen molar-refractivity contribution >= 4 is 35.0 Å². The molecule has 3 aromatic rings. The molecule has 0 saturated heterocycles. The summed E-state index contributed by atoms with van der Waals surface area (Å²) in [6.45, 7) is 0. The highest BCUT2D eigenvalue weighted by atomic mass is 35.5. The number of aromatic amines is 2. The second kappa shape index (κ2) is 4.08. The van der Waals surface area contributed by atoms with E-state index >= 15 is 0 Å². The Morgan fingerprint density at radius 2 is 2.11 bits per heavy atom. The lowest BCUT2D eigenvalue weighted by Gasteiger charge is -2.08. The van der Waals surface area contributed by atoms with Gasteiger partial charge >= 0.3 is 0 Å². The monoisotopic (exact) mass is 278 g/mol. The maximum Gasteiger partial charge on any atom is 0.277 e. The highest BCUT2D eigenvalue weighted by molar-refractivity contribution is 7.71. The third-order valence-corrected chi connectivity index (χ3v) is 3.18. The van der Waals surface area contributed by atoms with Crippen LogP contribution in [0.25, 0.3) is 16.9 Å². The number of halogens is 1. The van der Waals surface area contributed by atoms with Gasteiger partial charge < -0.3 is 4.98 Å². The SMILES string of the molecule is O=c1[nH]c(=S)n(-c2ccccc2Cl)c2nc[nH]c12. The number of hydrogen-bond acceptors (Lipinski definition) is 3. The van der Waals surface area contributed by atoms with E-state index in [1.54, 1.807) is 10.6 Å². The second-order valence-corrected chi connectivity index (χ2v) is 4.44. The molecule has 18 heavy (non-hydrogen) atoms. The van der Waals surface area contributed by atoms with Crippen LogP contribution in [0.4, 0.5) is 0 Å². The van der Waals surface area contributed by atoms with Crippen molar-refractivity contribution in [1.82, 2.24) is 19.5 Å². The number of hydrogen-bond donors (Lipinski definition) is 2. The molecule has 7 heteroatoms. The van der Waals surface area contributed by atoms with Gasteiger partial charge in [-0.2, -0.15) is 0 Å². The number of imidazole rings is 1. The Morgan fingerprint density at radius 3 is 2.89 bits per heavy atom. The van der Waals surface area contributed by atoms with E-state index < -0.39 is 0 Å². The molecule has 5 nitrogen and oxygen atoms in total. The van der Waals surface area contributed by atoms with Crippen LogP contribution in [-0.4, -0.2) is 19.5 Å². The molecule has 0 radical (unpaired) electrons. The van der Waals surface area contributed by atoms with Gasteiger partial charge in [0.05, 0.1) is 17.0 Å². The normalized spacial score (nSPS) is 10.9. The van der Waals surface area contributed by atoms with E-state index in [2.05, 4.69) is 15.0 Å². The summed E-state index contributed by atoms with van der Waals surface area (Å²) in [5.41, 5.74) is 1.20. The van der Waals surface area contributed by atoms with Crippen LogP contribution in [0, 0.1) is 4.77 Å². The number of benzene rings is 1. The minimum absolute atomic E-state index is 0.257. The summed E-state index contributed by atoms with van der Waals surface area (Å²) in [6, 6.07) is 7.22. The molecule has 0 atom stereocenters. The van der Waals surface area contributed by atoms with Crippen molar-refractivity contribution in [1.29, 1.82) is 0 Å². The number of fused-ring (bicyclic) bond motifs is 1. The zero-order valence-electron chi connectivity index (χ0n) is 8.98. The van der Waals surface area contributed by atoms with Crippen molar-refractivity contribution in [3.05, 3.63) is 50.7 Å². The summed E-state index contributed by atoms with van der Waals surface area (Å²) < 4.78 is 1.89. The summed E-state index contributed by atoms with van der Waals surface area (Å²) >= 11 is 11.3.